The summed E-state index contributed by atoms with van der Waals surface area (Å²) in [5, 5.41) is 1.44. The van der Waals surface area contributed by atoms with E-state index in [4.69, 9.17) is 5.73 Å². The Labute approximate surface area is 167 Å². The van der Waals surface area contributed by atoms with Crippen LogP contribution in [0.4, 0.5) is 8.78 Å². The van der Waals surface area contributed by atoms with Crippen LogP contribution in [-0.4, -0.2) is 10.5 Å². The van der Waals surface area contributed by atoms with Gasteiger partial charge < -0.3 is 10.3 Å². The highest BCUT2D eigenvalue weighted by molar-refractivity contribution is 6.17. The number of nitrogens with two attached hydrogens (primary N) is 1. The Morgan fingerprint density at radius 1 is 1.14 bits per heavy atom. The third-order valence-corrected chi connectivity index (χ3v) is 5.27. The van der Waals surface area contributed by atoms with Gasteiger partial charge in [0, 0.05) is 21.9 Å². The molecule has 0 fully saturated rings. The van der Waals surface area contributed by atoms with Gasteiger partial charge in [0.25, 0.3) is 0 Å². The van der Waals surface area contributed by atoms with E-state index in [0.29, 0.717) is 10.9 Å². The Balaban J connectivity index is 1.99. The van der Waals surface area contributed by atoms with Crippen molar-refractivity contribution in [2.45, 2.75) is 32.7 Å². The van der Waals surface area contributed by atoms with Gasteiger partial charge in [0.2, 0.25) is 5.91 Å². The molecule has 4 rings (SSSR count). The number of primary amides is 1. The number of hydrogen-bond donors (Lipinski definition) is 1. The van der Waals surface area contributed by atoms with Crippen LogP contribution in [0.25, 0.3) is 21.8 Å². The molecule has 0 spiro atoms. The zero-order valence-electron chi connectivity index (χ0n) is 16.1. The summed E-state index contributed by atoms with van der Waals surface area (Å²) >= 11 is 0. The van der Waals surface area contributed by atoms with Gasteiger partial charge in [0.05, 0.1) is 17.6 Å². The number of amides is 1. The predicted octanol–water partition coefficient (Wildman–Crippen LogP) is 5.36. The van der Waals surface area contributed by atoms with Crippen molar-refractivity contribution in [1.29, 1.82) is 0 Å². The zero-order chi connectivity index (χ0) is 20.5. The fourth-order valence-corrected chi connectivity index (χ4v) is 3.83. The van der Waals surface area contributed by atoms with Gasteiger partial charge in [0.1, 0.15) is 11.6 Å². The third-order valence-electron chi connectivity index (χ3n) is 5.27. The number of carbonyl (C=O) groups excluding carboxylic acids is 1. The Kier molecular flexibility index (Phi) is 5.05. The molecule has 29 heavy (non-hydrogen) atoms. The highest BCUT2D eigenvalue weighted by Crippen LogP contribution is 2.33. The van der Waals surface area contributed by atoms with Crippen LogP contribution >= 0.6 is 0 Å². The van der Waals surface area contributed by atoms with Gasteiger partial charge in [-0.15, -0.1) is 0 Å². The molecule has 147 valence electrons. The Morgan fingerprint density at radius 2 is 1.97 bits per heavy atom. The number of aromatic nitrogens is 1. The molecule has 1 radical (unpaired) electrons. The summed E-state index contributed by atoms with van der Waals surface area (Å²) in [5.74, 6) is -1.50. The number of hydrogen-bond acceptors (Lipinski definition) is 1. The molecule has 1 amide bonds. The molecule has 5 heteroatoms. The molecule has 3 aromatic carbocycles. The van der Waals surface area contributed by atoms with E-state index in [-0.39, 0.29) is 12.1 Å². The van der Waals surface area contributed by atoms with Crippen LogP contribution in [0.2, 0.25) is 0 Å². The highest BCUT2D eigenvalue weighted by atomic mass is 19.1. The average molecular weight is 391 g/mol. The Morgan fingerprint density at radius 3 is 2.72 bits per heavy atom. The number of rotatable bonds is 6. The van der Waals surface area contributed by atoms with Crippen molar-refractivity contribution < 1.29 is 13.6 Å². The topological polar surface area (TPSA) is 48.0 Å². The summed E-state index contributed by atoms with van der Waals surface area (Å²) in [7, 11) is 0. The molecule has 0 aliphatic rings. The first-order valence-electron chi connectivity index (χ1n) is 9.69. The second-order valence-electron chi connectivity index (χ2n) is 7.26. The summed E-state index contributed by atoms with van der Waals surface area (Å²) in [6.07, 6.45) is 3.02. The lowest BCUT2D eigenvalue weighted by Gasteiger charge is -2.10. The van der Waals surface area contributed by atoms with Crippen LogP contribution in [0.1, 0.15) is 41.3 Å². The van der Waals surface area contributed by atoms with E-state index < -0.39 is 17.5 Å². The van der Waals surface area contributed by atoms with E-state index in [1.165, 1.54) is 6.07 Å². The van der Waals surface area contributed by atoms with Crippen molar-refractivity contribution in [3.8, 4) is 0 Å². The van der Waals surface area contributed by atoms with E-state index in [2.05, 4.69) is 13.0 Å². The van der Waals surface area contributed by atoms with Gasteiger partial charge in [-0.1, -0.05) is 25.5 Å². The van der Waals surface area contributed by atoms with Crippen molar-refractivity contribution >= 4 is 27.7 Å². The van der Waals surface area contributed by atoms with Crippen molar-refractivity contribution in [2.24, 2.45) is 5.73 Å². The number of unbranched alkanes of at least 4 members (excludes halogenated alkanes) is 1. The molecular weight excluding hydrogens is 370 g/mol. The van der Waals surface area contributed by atoms with Crippen LogP contribution in [0.3, 0.4) is 0 Å². The molecule has 3 nitrogen and oxygen atoms in total. The highest BCUT2D eigenvalue weighted by Gasteiger charge is 2.18. The lowest BCUT2D eigenvalue weighted by molar-refractivity contribution is 0.100. The number of fused-ring (bicyclic) bond motifs is 3. The molecule has 1 aromatic heterocycles. The molecule has 0 saturated carbocycles. The minimum Gasteiger partial charge on any atom is -0.366 e. The summed E-state index contributed by atoms with van der Waals surface area (Å²) in [6, 6.07) is 16.0. The quantitative estimate of drug-likeness (QED) is 0.472. The molecule has 4 aromatic rings. The number of halogens is 2. The first-order valence-corrected chi connectivity index (χ1v) is 9.69. The van der Waals surface area contributed by atoms with Crippen molar-refractivity contribution in [3.63, 3.8) is 0 Å². The summed E-state index contributed by atoms with van der Waals surface area (Å²) in [5.41, 5.74) is 8.91. The van der Waals surface area contributed by atoms with Crippen molar-refractivity contribution in [2.75, 3.05) is 0 Å². The average Bonchev–Trinajstić information content (AvgIpc) is 3.02. The van der Waals surface area contributed by atoms with E-state index in [9.17, 15) is 13.6 Å². The van der Waals surface area contributed by atoms with Gasteiger partial charge in [-0.2, -0.15) is 0 Å². The number of benzene rings is 3. The maximum absolute atomic E-state index is 14.4. The molecular formula is C24H21F2N2O. The molecule has 0 bridgehead atoms. The molecule has 1 heterocycles. The maximum Gasteiger partial charge on any atom is 0.249 e. The maximum atomic E-state index is 14.4. The molecule has 0 aliphatic heterocycles. The second-order valence-corrected chi connectivity index (χ2v) is 7.26. The number of nitrogens with zero attached hydrogens (tertiary/aromatic N) is 1. The minimum absolute atomic E-state index is 0.136. The van der Waals surface area contributed by atoms with Gasteiger partial charge in [0.15, 0.2) is 0 Å². The SMILES string of the molecule is CCCCc1c[c]c2c3c(C(N)=O)cccc3n(Cc3cc(F)ccc3F)c2c1. The molecule has 0 atom stereocenters. The largest absolute Gasteiger partial charge is 0.366 e. The zero-order valence-corrected chi connectivity index (χ0v) is 16.1. The van der Waals surface area contributed by atoms with Crippen LogP contribution in [0.15, 0.2) is 48.5 Å². The van der Waals surface area contributed by atoms with Crippen LogP contribution in [0.5, 0.6) is 0 Å². The third kappa shape index (κ3) is 3.48. The molecule has 0 aliphatic carbocycles. The first-order chi connectivity index (χ1) is 14.0. The van der Waals surface area contributed by atoms with E-state index >= 15 is 0 Å². The lowest BCUT2D eigenvalue weighted by Crippen LogP contribution is -2.11. The minimum atomic E-state index is -0.532. The van der Waals surface area contributed by atoms with Gasteiger partial charge in [-0.05, 0) is 60.9 Å². The number of carbonyl (C=O) groups is 1. The van der Waals surface area contributed by atoms with Gasteiger partial charge >= 0.3 is 0 Å². The fraction of sp³-hybridized carbons (Fsp3) is 0.208. The van der Waals surface area contributed by atoms with Crippen molar-refractivity contribution in [1.82, 2.24) is 4.57 Å². The van der Waals surface area contributed by atoms with Crippen molar-refractivity contribution in [3.05, 3.63) is 82.9 Å². The van der Waals surface area contributed by atoms with Crippen LogP contribution in [-0.2, 0) is 13.0 Å². The Bertz CT molecular complexity index is 1230. The lowest BCUT2D eigenvalue weighted by atomic mass is 10.0. The van der Waals surface area contributed by atoms with Crippen LogP contribution in [0, 0.1) is 17.7 Å². The summed E-state index contributed by atoms with van der Waals surface area (Å²) in [4.78, 5) is 12.0. The van der Waals surface area contributed by atoms with E-state index in [1.807, 2.05) is 22.8 Å². The van der Waals surface area contributed by atoms with E-state index in [0.717, 1.165) is 53.4 Å². The van der Waals surface area contributed by atoms with Gasteiger partial charge in [-0.3, -0.25) is 4.79 Å². The number of aryl methyl sites for hydroxylation is 1. The summed E-state index contributed by atoms with van der Waals surface area (Å²) in [6.45, 7) is 2.27. The second kappa shape index (κ2) is 7.66. The predicted molar refractivity (Wildman–Crippen MR) is 111 cm³/mol. The monoisotopic (exact) mass is 391 g/mol. The van der Waals surface area contributed by atoms with Gasteiger partial charge in [-0.25, -0.2) is 8.78 Å². The van der Waals surface area contributed by atoms with E-state index in [1.54, 1.807) is 12.1 Å². The molecule has 0 unspecified atom stereocenters. The standard InChI is InChI=1S/C24H21F2N2O/c1-2-3-5-15-8-10-18-22(12-15)28(14-16-13-17(25)9-11-20(16)26)21-7-4-6-19(23(18)21)24(27)29/h4,6-9,11-13H,2-3,5,14H2,1H3,(H2,27,29). The normalized spacial score (nSPS) is 11.4. The first kappa shape index (κ1) is 19.1. The molecule has 0 saturated heterocycles. The van der Waals surface area contributed by atoms with Crippen LogP contribution < -0.4 is 5.73 Å². The molecule has 2 N–H and O–H groups in total. The smallest absolute Gasteiger partial charge is 0.249 e. The fourth-order valence-electron chi connectivity index (χ4n) is 3.83. The Hall–Kier alpha value is -3.21. The summed E-state index contributed by atoms with van der Waals surface area (Å²) < 4.78 is 30.0.